The fourth-order valence-corrected chi connectivity index (χ4v) is 2.42. The Morgan fingerprint density at radius 1 is 1.35 bits per heavy atom. The number of rotatable bonds is 4. The van der Waals surface area contributed by atoms with Gasteiger partial charge in [-0.25, -0.2) is 13.2 Å². The summed E-state index contributed by atoms with van der Waals surface area (Å²) < 4.78 is 27.8. The summed E-state index contributed by atoms with van der Waals surface area (Å²) in [4.78, 5) is 11.8. The van der Waals surface area contributed by atoms with E-state index in [0.29, 0.717) is 5.02 Å². The molecule has 7 heteroatoms. The maximum Gasteiger partial charge on any atom is 0.340 e. The van der Waals surface area contributed by atoms with Crippen LogP contribution in [0.2, 0.25) is 5.02 Å². The largest absolute Gasteiger partial charge is 0.461 e. The molecule has 1 aromatic carbocycles. The summed E-state index contributed by atoms with van der Waals surface area (Å²) in [6, 6.07) is 4.43. The van der Waals surface area contributed by atoms with E-state index in [0.717, 1.165) is 0 Å². The zero-order valence-corrected chi connectivity index (χ0v) is 13.2. The van der Waals surface area contributed by atoms with Gasteiger partial charge in [-0.3, -0.25) is 0 Å². The Labute approximate surface area is 124 Å². The summed E-state index contributed by atoms with van der Waals surface area (Å²) in [5.41, 5.74) is 6.00. The number of carbonyl (C=O) groups is 1. The highest BCUT2D eigenvalue weighted by molar-refractivity contribution is 7.92. The number of carbonyl (C=O) groups excluding carboxylic acids is 1. The minimum Gasteiger partial charge on any atom is -0.461 e. The van der Waals surface area contributed by atoms with Crippen LogP contribution in [0, 0.1) is 0 Å². The molecule has 0 fully saturated rings. The van der Waals surface area contributed by atoms with Crippen molar-refractivity contribution in [2.75, 3.05) is 18.1 Å². The van der Waals surface area contributed by atoms with Crippen molar-refractivity contribution >= 4 is 33.1 Å². The molecular weight excluding hydrogens is 302 g/mol. The van der Waals surface area contributed by atoms with Crippen LogP contribution in [0.3, 0.4) is 0 Å². The van der Waals surface area contributed by atoms with E-state index in [1.54, 1.807) is 26.8 Å². The van der Waals surface area contributed by atoms with Gasteiger partial charge in [0.2, 0.25) is 0 Å². The van der Waals surface area contributed by atoms with Crippen molar-refractivity contribution in [2.24, 2.45) is 0 Å². The van der Waals surface area contributed by atoms with Crippen molar-refractivity contribution in [3.63, 3.8) is 0 Å². The summed E-state index contributed by atoms with van der Waals surface area (Å²) in [5, 5.41) is 0.355. The van der Waals surface area contributed by atoms with Crippen LogP contribution >= 0.6 is 11.6 Å². The van der Waals surface area contributed by atoms with Gasteiger partial charge in [0.25, 0.3) is 0 Å². The third kappa shape index (κ3) is 4.11. The number of anilines is 1. The number of nitrogen functional groups attached to an aromatic ring is 1. The third-order valence-electron chi connectivity index (χ3n) is 2.75. The SMILES string of the molecule is CC(C)(C)S(=O)(=O)CCOC(=O)c1cc(Cl)ccc1N. The number of benzene rings is 1. The van der Waals surface area contributed by atoms with Crippen molar-refractivity contribution in [3.8, 4) is 0 Å². The van der Waals surface area contributed by atoms with E-state index < -0.39 is 20.6 Å². The summed E-state index contributed by atoms with van der Waals surface area (Å²) >= 11 is 5.77. The molecule has 0 heterocycles. The van der Waals surface area contributed by atoms with E-state index >= 15 is 0 Å². The van der Waals surface area contributed by atoms with Crippen molar-refractivity contribution in [3.05, 3.63) is 28.8 Å². The molecule has 0 spiro atoms. The number of esters is 1. The third-order valence-corrected chi connectivity index (χ3v) is 5.56. The van der Waals surface area contributed by atoms with E-state index in [2.05, 4.69) is 0 Å². The summed E-state index contributed by atoms with van der Waals surface area (Å²) in [6.07, 6.45) is 0. The lowest BCUT2D eigenvalue weighted by Gasteiger charge is -2.18. The molecule has 1 aromatic rings. The highest BCUT2D eigenvalue weighted by Crippen LogP contribution is 2.19. The van der Waals surface area contributed by atoms with Crippen molar-refractivity contribution in [1.82, 2.24) is 0 Å². The van der Waals surface area contributed by atoms with Crippen LogP contribution in [-0.2, 0) is 14.6 Å². The van der Waals surface area contributed by atoms with Gasteiger partial charge in [0.05, 0.1) is 16.1 Å². The van der Waals surface area contributed by atoms with Gasteiger partial charge in [0, 0.05) is 10.7 Å². The monoisotopic (exact) mass is 319 g/mol. The van der Waals surface area contributed by atoms with Crippen molar-refractivity contribution < 1.29 is 17.9 Å². The van der Waals surface area contributed by atoms with Gasteiger partial charge in [-0.15, -0.1) is 0 Å². The molecule has 0 amide bonds. The topological polar surface area (TPSA) is 86.5 Å². The number of hydrogen-bond acceptors (Lipinski definition) is 5. The Balaban J connectivity index is 2.68. The van der Waals surface area contributed by atoms with E-state index in [1.165, 1.54) is 12.1 Å². The standard InChI is InChI=1S/C13H18ClNO4S/c1-13(2,3)20(17,18)7-6-19-12(16)10-8-9(14)4-5-11(10)15/h4-5,8H,6-7,15H2,1-3H3. The lowest BCUT2D eigenvalue weighted by molar-refractivity contribution is 0.0530. The molecule has 20 heavy (non-hydrogen) atoms. The molecule has 112 valence electrons. The second-order valence-corrected chi connectivity index (χ2v) is 8.60. The normalized spacial score (nSPS) is 12.2. The Morgan fingerprint density at radius 2 is 1.95 bits per heavy atom. The van der Waals surface area contributed by atoms with Crippen LogP contribution in [0.1, 0.15) is 31.1 Å². The number of nitrogens with two attached hydrogens (primary N) is 1. The maximum absolute atomic E-state index is 11.9. The fourth-order valence-electron chi connectivity index (χ4n) is 1.33. The maximum atomic E-state index is 11.9. The van der Waals surface area contributed by atoms with E-state index in [-0.39, 0.29) is 23.6 Å². The molecule has 2 N–H and O–H groups in total. The molecular formula is C13H18ClNO4S. The first kappa shape index (κ1) is 16.8. The van der Waals surface area contributed by atoms with E-state index in [9.17, 15) is 13.2 Å². The van der Waals surface area contributed by atoms with Crippen molar-refractivity contribution in [2.45, 2.75) is 25.5 Å². The molecule has 0 unspecified atom stereocenters. The van der Waals surface area contributed by atoms with Gasteiger partial charge < -0.3 is 10.5 Å². The van der Waals surface area contributed by atoms with Crippen LogP contribution in [0.4, 0.5) is 5.69 Å². The van der Waals surface area contributed by atoms with Crippen LogP contribution in [-0.4, -0.2) is 31.5 Å². The average molecular weight is 320 g/mol. The quantitative estimate of drug-likeness (QED) is 0.679. The number of sulfone groups is 1. The molecule has 0 aliphatic rings. The minimum atomic E-state index is -3.33. The number of hydrogen-bond donors (Lipinski definition) is 1. The van der Waals surface area contributed by atoms with Gasteiger partial charge in [0.1, 0.15) is 6.61 Å². The minimum absolute atomic E-state index is 0.130. The zero-order valence-electron chi connectivity index (χ0n) is 11.6. The van der Waals surface area contributed by atoms with Crippen LogP contribution < -0.4 is 5.73 Å². The molecule has 0 radical (unpaired) electrons. The van der Waals surface area contributed by atoms with Gasteiger partial charge in [-0.1, -0.05) is 11.6 Å². The predicted octanol–water partition coefficient (Wildman–Crippen LogP) is 2.29. The van der Waals surface area contributed by atoms with E-state index in [1.807, 2.05) is 0 Å². The second-order valence-electron chi connectivity index (χ2n) is 5.30. The Bertz CT molecular complexity index is 605. The first-order valence-corrected chi connectivity index (χ1v) is 8.02. The average Bonchev–Trinajstić information content (AvgIpc) is 2.30. The fraction of sp³-hybridized carbons (Fsp3) is 0.462. The summed E-state index contributed by atoms with van der Waals surface area (Å²) in [7, 11) is -3.33. The lowest BCUT2D eigenvalue weighted by Crippen LogP contribution is -2.32. The Hall–Kier alpha value is -1.27. The predicted molar refractivity (Wildman–Crippen MR) is 79.7 cm³/mol. The summed E-state index contributed by atoms with van der Waals surface area (Å²) in [5.74, 6) is -0.919. The number of halogens is 1. The molecule has 0 atom stereocenters. The van der Waals surface area contributed by atoms with Gasteiger partial charge in [-0.05, 0) is 39.0 Å². The molecule has 0 saturated heterocycles. The zero-order chi connectivity index (χ0) is 15.6. The Morgan fingerprint density at radius 3 is 2.50 bits per heavy atom. The first-order valence-electron chi connectivity index (χ1n) is 5.99. The molecule has 0 aromatic heterocycles. The summed E-state index contributed by atoms with van der Waals surface area (Å²) in [6.45, 7) is 4.57. The van der Waals surface area contributed by atoms with Crippen LogP contribution in [0.15, 0.2) is 18.2 Å². The highest BCUT2D eigenvalue weighted by Gasteiger charge is 2.29. The van der Waals surface area contributed by atoms with E-state index in [4.69, 9.17) is 22.1 Å². The molecule has 5 nitrogen and oxygen atoms in total. The van der Waals surface area contributed by atoms with Crippen molar-refractivity contribution in [1.29, 1.82) is 0 Å². The molecule has 0 saturated carbocycles. The molecule has 0 bridgehead atoms. The number of ether oxygens (including phenoxy) is 1. The van der Waals surface area contributed by atoms with Crippen LogP contribution in [0.25, 0.3) is 0 Å². The smallest absolute Gasteiger partial charge is 0.340 e. The highest BCUT2D eigenvalue weighted by atomic mass is 35.5. The first-order chi connectivity index (χ1) is 9.04. The van der Waals surface area contributed by atoms with Gasteiger partial charge >= 0.3 is 5.97 Å². The molecule has 0 aliphatic carbocycles. The lowest BCUT2D eigenvalue weighted by atomic mass is 10.2. The van der Waals surface area contributed by atoms with Gasteiger partial charge in [-0.2, -0.15) is 0 Å². The molecule has 0 aliphatic heterocycles. The molecule has 1 rings (SSSR count). The van der Waals surface area contributed by atoms with Crippen LogP contribution in [0.5, 0.6) is 0 Å². The van der Waals surface area contributed by atoms with Gasteiger partial charge in [0.15, 0.2) is 9.84 Å². The second kappa shape index (κ2) is 6.01. The Kier molecular flexibility index (Phi) is 5.05.